The molecule has 0 amide bonds. The smallest absolute Gasteiger partial charge is 0.0701 e. The highest BCUT2D eigenvalue weighted by molar-refractivity contribution is 4.56. The predicted molar refractivity (Wildman–Crippen MR) is 58.1 cm³/mol. The number of aliphatic hydroxyl groups is 1. The van der Waals surface area contributed by atoms with E-state index in [2.05, 4.69) is 5.32 Å². The van der Waals surface area contributed by atoms with E-state index in [1.807, 2.05) is 6.92 Å². The van der Waals surface area contributed by atoms with Gasteiger partial charge in [-0.25, -0.2) is 0 Å². The minimum absolute atomic E-state index is 0.131. The Bertz CT molecular complexity index is 124. The lowest BCUT2D eigenvalue weighted by Gasteiger charge is -2.10. The van der Waals surface area contributed by atoms with Crippen LogP contribution in [0.15, 0.2) is 0 Å². The molecule has 0 rings (SSSR count). The molecule has 0 saturated heterocycles. The molecular weight excluding hydrogens is 198 g/mol. The van der Waals surface area contributed by atoms with Crippen LogP contribution in [-0.2, 0) is 14.2 Å². The average Bonchev–Trinajstić information content (AvgIpc) is 2.26. The third kappa shape index (κ3) is 11.7. The topological polar surface area (TPSA) is 60.0 Å². The van der Waals surface area contributed by atoms with Gasteiger partial charge in [-0.2, -0.15) is 0 Å². The number of nitrogens with one attached hydrogen (secondary N) is 1. The molecule has 0 aromatic carbocycles. The van der Waals surface area contributed by atoms with Crippen LogP contribution >= 0.6 is 0 Å². The second-order valence-corrected chi connectivity index (χ2v) is 3.26. The monoisotopic (exact) mass is 221 g/mol. The molecule has 0 heterocycles. The lowest BCUT2D eigenvalue weighted by atomic mass is 10.4. The third-order valence-electron chi connectivity index (χ3n) is 1.82. The first-order chi connectivity index (χ1) is 7.31. The Morgan fingerprint density at radius 3 is 2.27 bits per heavy atom. The molecule has 0 saturated carbocycles. The predicted octanol–water partition coefficient (Wildman–Crippen LogP) is -0.364. The number of hydrogen-bond donors (Lipinski definition) is 2. The normalized spacial score (nSPS) is 13.0. The van der Waals surface area contributed by atoms with Crippen LogP contribution < -0.4 is 5.32 Å². The zero-order valence-corrected chi connectivity index (χ0v) is 9.70. The summed E-state index contributed by atoms with van der Waals surface area (Å²) in [5.41, 5.74) is 0. The molecule has 0 fully saturated rings. The van der Waals surface area contributed by atoms with Crippen molar-refractivity contribution in [3.63, 3.8) is 0 Å². The van der Waals surface area contributed by atoms with Crippen molar-refractivity contribution >= 4 is 0 Å². The van der Waals surface area contributed by atoms with Crippen LogP contribution in [0.1, 0.15) is 6.92 Å². The van der Waals surface area contributed by atoms with Crippen LogP contribution in [0.4, 0.5) is 0 Å². The Kier molecular flexibility index (Phi) is 11.7. The average molecular weight is 221 g/mol. The van der Waals surface area contributed by atoms with E-state index in [1.54, 1.807) is 7.11 Å². The van der Waals surface area contributed by atoms with Gasteiger partial charge in [-0.15, -0.1) is 0 Å². The van der Waals surface area contributed by atoms with Gasteiger partial charge in [-0.3, -0.25) is 0 Å². The summed E-state index contributed by atoms with van der Waals surface area (Å²) >= 11 is 0. The van der Waals surface area contributed by atoms with Gasteiger partial charge in [0.1, 0.15) is 0 Å². The summed E-state index contributed by atoms with van der Waals surface area (Å²) in [5.74, 6) is 0. The van der Waals surface area contributed by atoms with E-state index in [9.17, 15) is 0 Å². The number of aliphatic hydroxyl groups excluding tert-OH is 1. The fourth-order valence-electron chi connectivity index (χ4n) is 0.906. The van der Waals surface area contributed by atoms with E-state index in [4.69, 9.17) is 19.3 Å². The number of rotatable bonds is 11. The van der Waals surface area contributed by atoms with Crippen molar-refractivity contribution in [3.05, 3.63) is 0 Å². The Labute approximate surface area is 91.7 Å². The van der Waals surface area contributed by atoms with E-state index in [-0.39, 0.29) is 12.6 Å². The number of methoxy groups -OCH3 is 1. The number of hydrogen-bond acceptors (Lipinski definition) is 5. The second kappa shape index (κ2) is 11.9. The van der Waals surface area contributed by atoms with Gasteiger partial charge in [0.05, 0.1) is 39.6 Å². The highest BCUT2D eigenvalue weighted by Gasteiger charge is 1.96. The minimum atomic E-state index is 0.131. The zero-order chi connectivity index (χ0) is 11.4. The first-order valence-electron chi connectivity index (χ1n) is 5.30. The second-order valence-electron chi connectivity index (χ2n) is 3.26. The van der Waals surface area contributed by atoms with Crippen molar-refractivity contribution in [3.8, 4) is 0 Å². The highest BCUT2D eigenvalue weighted by atomic mass is 16.5. The summed E-state index contributed by atoms with van der Waals surface area (Å²) in [6.45, 7) is 5.89. The van der Waals surface area contributed by atoms with E-state index >= 15 is 0 Å². The molecular formula is C10H23NO4. The Morgan fingerprint density at radius 2 is 1.67 bits per heavy atom. The van der Waals surface area contributed by atoms with E-state index in [0.29, 0.717) is 33.0 Å². The largest absolute Gasteiger partial charge is 0.395 e. The molecule has 1 unspecified atom stereocenters. The van der Waals surface area contributed by atoms with Gasteiger partial charge in [0.15, 0.2) is 0 Å². The van der Waals surface area contributed by atoms with Crippen molar-refractivity contribution in [1.82, 2.24) is 5.32 Å². The molecule has 0 aliphatic carbocycles. The molecule has 1 atom stereocenters. The first-order valence-corrected chi connectivity index (χ1v) is 5.30. The maximum atomic E-state index is 8.72. The summed E-state index contributed by atoms with van der Waals surface area (Å²) in [6, 6.07) is 0.131. The minimum Gasteiger partial charge on any atom is -0.395 e. The molecule has 0 bridgehead atoms. The molecule has 5 heteroatoms. The maximum absolute atomic E-state index is 8.72. The number of ether oxygens (including phenoxy) is 3. The molecule has 2 N–H and O–H groups in total. The zero-order valence-electron chi connectivity index (χ0n) is 9.70. The van der Waals surface area contributed by atoms with Crippen LogP contribution in [0, 0.1) is 0 Å². The molecule has 0 aliphatic heterocycles. The van der Waals surface area contributed by atoms with Crippen molar-refractivity contribution in [1.29, 1.82) is 0 Å². The van der Waals surface area contributed by atoms with Gasteiger partial charge in [-0.05, 0) is 6.92 Å². The molecule has 92 valence electrons. The van der Waals surface area contributed by atoms with Gasteiger partial charge < -0.3 is 24.6 Å². The van der Waals surface area contributed by atoms with E-state index in [0.717, 1.165) is 6.54 Å². The summed E-state index contributed by atoms with van der Waals surface area (Å²) in [4.78, 5) is 0. The van der Waals surface area contributed by atoms with Gasteiger partial charge in [0.25, 0.3) is 0 Å². The lowest BCUT2D eigenvalue weighted by Crippen LogP contribution is -2.32. The molecule has 0 aromatic heterocycles. The SMILES string of the molecule is COCCOCCOCCNC(C)CO. The molecule has 0 aromatic rings. The van der Waals surface area contributed by atoms with E-state index in [1.165, 1.54) is 0 Å². The van der Waals surface area contributed by atoms with Crippen LogP contribution in [0.25, 0.3) is 0 Å². The molecule has 15 heavy (non-hydrogen) atoms. The van der Waals surface area contributed by atoms with Crippen LogP contribution in [0.3, 0.4) is 0 Å². The Balaban J connectivity index is 2.92. The molecule has 0 radical (unpaired) electrons. The Hall–Kier alpha value is -0.200. The highest BCUT2D eigenvalue weighted by Crippen LogP contribution is 1.81. The maximum Gasteiger partial charge on any atom is 0.0701 e. The van der Waals surface area contributed by atoms with Crippen molar-refractivity contribution in [2.45, 2.75) is 13.0 Å². The van der Waals surface area contributed by atoms with Gasteiger partial charge in [-0.1, -0.05) is 0 Å². The van der Waals surface area contributed by atoms with Gasteiger partial charge >= 0.3 is 0 Å². The molecule has 5 nitrogen and oxygen atoms in total. The van der Waals surface area contributed by atoms with Crippen LogP contribution in [0.2, 0.25) is 0 Å². The lowest BCUT2D eigenvalue weighted by molar-refractivity contribution is 0.0250. The molecule has 0 aliphatic rings. The van der Waals surface area contributed by atoms with Gasteiger partial charge in [0.2, 0.25) is 0 Å². The summed E-state index contributed by atoms with van der Waals surface area (Å²) in [6.07, 6.45) is 0. The summed E-state index contributed by atoms with van der Waals surface area (Å²) in [7, 11) is 1.65. The fourth-order valence-corrected chi connectivity index (χ4v) is 0.906. The first kappa shape index (κ1) is 14.8. The standard InChI is InChI=1S/C10H23NO4/c1-10(9-12)11-3-4-14-7-8-15-6-5-13-2/h10-12H,3-9H2,1-2H3. The van der Waals surface area contributed by atoms with E-state index < -0.39 is 0 Å². The van der Waals surface area contributed by atoms with Crippen molar-refractivity contribution in [2.75, 3.05) is 53.3 Å². The van der Waals surface area contributed by atoms with Gasteiger partial charge in [0, 0.05) is 19.7 Å². The van der Waals surface area contributed by atoms with Crippen LogP contribution in [-0.4, -0.2) is 64.4 Å². The summed E-state index contributed by atoms with van der Waals surface area (Å²) in [5, 5.41) is 11.8. The van der Waals surface area contributed by atoms with Crippen molar-refractivity contribution in [2.24, 2.45) is 0 Å². The Morgan fingerprint density at radius 1 is 1.07 bits per heavy atom. The fraction of sp³-hybridized carbons (Fsp3) is 1.00. The summed E-state index contributed by atoms with van der Waals surface area (Å²) < 4.78 is 15.3. The quantitative estimate of drug-likeness (QED) is 0.466. The van der Waals surface area contributed by atoms with Crippen LogP contribution in [0.5, 0.6) is 0 Å². The molecule has 0 spiro atoms. The third-order valence-corrected chi connectivity index (χ3v) is 1.82. The van der Waals surface area contributed by atoms with Crippen molar-refractivity contribution < 1.29 is 19.3 Å².